The fraction of sp³-hybridized carbons (Fsp3) is 0.846. The van der Waals surface area contributed by atoms with Crippen LogP contribution in [0.5, 0.6) is 0 Å². The van der Waals surface area contributed by atoms with Crippen molar-refractivity contribution < 1.29 is 14.3 Å². The molecule has 3 unspecified atom stereocenters. The molecule has 0 aromatic carbocycles. The molecule has 106 valence electrons. The maximum Gasteiger partial charge on any atom is 0.317 e. The number of nitrogens with zero attached hydrogens (tertiary/aromatic N) is 2. The molecule has 0 aliphatic carbocycles. The zero-order chi connectivity index (χ0) is 13.4. The second-order valence-corrected chi connectivity index (χ2v) is 5.63. The Bertz CT molecular complexity index is 381. The van der Waals surface area contributed by atoms with Gasteiger partial charge in [-0.1, -0.05) is 0 Å². The molecule has 3 rings (SSSR count). The molecular formula is C13H21N3O3. The third-order valence-corrected chi connectivity index (χ3v) is 4.39. The normalized spacial score (nSPS) is 33.6. The molecule has 0 radical (unpaired) electrons. The van der Waals surface area contributed by atoms with Crippen molar-refractivity contribution >= 4 is 11.9 Å². The zero-order valence-corrected chi connectivity index (χ0v) is 11.3. The molecule has 6 nitrogen and oxygen atoms in total. The number of carbonyl (C=O) groups excluding carboxylic acids is 2. The molecule has 6 heteroatoms. The van der Waals surface area contributed by atoms with Crippen LogP contribution < -0.4 is 5.32 Å². The number of ether oxygens (including phenoxy) is 1. The molecule has 3 aliphatic heterocycles. The molecular weight excluding hydrogens is 246 g/mol. The van der Waals surface area contributed by atoms with E-state index in [0.717, 1.165) is 32.4 Å². The van der Waals surface area contributed by atoms with Crippen LogP contribution in [0.4, 0.5) is 4.79 Å². The molecule has 3 saturated heterocycles. The van der Waals surface area contributed by atoms with Gasteiger partial charge in [-0.3, -0.25) is 4.79 Å². The number of hydrogen-bond donors (Lipinski definition) is 1. The Morgan fingerprint density at radius 1 is 1.16 bits per heavy atom. The predicted molar refractivity (Wildman–Crippen MR) is 68.6 cm³/mol. The smallest absolute Gasteiger partial charge is 0.317 e. The Kier molecular flexibility index (Phi) is 3.35. The second kappa shape index (κ2) is 5.00. The third-order valence-electron chi connectivity index (χ3n) is 4.39. The van der Waals surface area contributed by atoms with E-state index < -0.39 is 0 Å². The van der Waals surface area contributed by atoms with E-state index in [1.54, 1.807) is 11.9 Å². The summed E-state index contributed by atoms with van der Waals surface area (Å²) < 4.78 is 5.85. The van der Waals surface area contributed by atoms with Gasteiger partial charge in [-0.2, -0.15) is 0 Å². The molecule has 19 heavy (non-hydrogen) atoms. The minimum Gasteiger partial charge on any atom is -0.370 e. The summed E-state index contributed by atoms with van der Waals surface area (Å²) >= 11 is 0. The first-order valence-electron chi connectivity index (χ1n) is 7.10. The number of nitrogens with one attached hydrogen (secondary N) is 1. The number of rotatable bonds is 1. The molecule has 3 aliphatic rings. The van der Waals surface area contributed by atoms with Crippen LogP contribution in [-0.2, 0) is 9.53 Å². The highest BCUT2D eigenvalue weighted by Crippen LogP contribution is 2.33. The largest absolute Gasteiger partial charge is 0.370 e. The molecule has 3 amide bonds. The third kappa shape index (κ3) is 2.29. The molecule has 0 aromatic rings. The monoisotopic (exact) mass is 267 g/mol. The van der Waals surface area contributed by atoms with E-state index in [9.17, 15) is 9.59 Å². The average Bonchev–Trinajstić information content (AvgIpc) is 3.05. The topological polar surface area (TPSA) is 61.9 Å². The standard InChI is InChI=1S/C13H21N3O3/c1-14-13(18)16-7-9-6-10(11(8-16)19-9)12(17)15-4-2-3-5-15/h9-11H,2-8H2,1H3,(H,14,18). The Morgan fingerprint density at radius 2 is 1.89 bits per heavy atom. The highest BCUT2D eigenvalue weighted by Gasteiger charge is 2.46. The van der Waals surface area contributed by atoms with Crippen LogP contribution in [0.15, 0.2) is 0 Å². The number of fused-ring (bicyclic) bond motifs is 2. The molecule has 2 bridgehead atoms. The summed E-state index contributed by atoms with van der Waals surface area (Å²) in [5.41, 5.74) is 0. The minimum absolute atomic E-state index is 0.0209. The van der Waals surface area contributed by atoms with E-state index in [1.165, 1.54) is 0 Å². The first-order chi connectivity index (χ1) is 9.19. The van der Waals surface area contributed by atoms with Crippen molar-refractivity contribution in [1.82, 2.24) is 15.1 Å². The van der Waals surface area contributed by atoms with Crippen molar-refractivity contribution in [2.24, 2.45) is 5.92 Å². The summed E-state index contributed by atoms with van der Waals surface area (Å²) in [7, 11) is 1.63. The highest BCUT2D eigenvalue weighted by atomic mass is 16.5. The van der Waals surface area contributed by atoms with Crippen LogP contribution in [-0.4, -0.2) is 67.2 Å². The SMILES string of the molecule is CNC(=O)N1CC2CC(C(=O)N3CCCC3)C(C1)O2. The van der Waals surface area contributed by atoms with E-state index in [-0.39, 0.29) is 30.1 Å². The van der Waals surface area contributed by atoms with Crippen LogP contribution in [0.2, 0.25) is 0 Å². The Hall–Kier alpha value is -1.30. The van der Waals surface area contributed by atoms with Crippen LogP contribution in [0.25, 0.3) is 0 Å². The predicted octanol–water partition coefficient (Wildman–Crippen LogP) is 0.0375. The summed E-state index contributed by atoms with van der Waals surface area (Å²) in [6, 6.07) is -0.0763. The number of carbonyl (C=O) groups is 2. The van der Waals surface area contributed by atoms with Crippen molar-refractivity contribution in [2.75, 3.05) is 33.2 Å². The van der Waals surface area contributed by atoms with Gasteiger partial charge < -0.3 is 19.9 Å². The van der Waals surface area contributed by atoms with E-state index in [2.05, 4.69) is 5.32 Å². The fourth-order valence-corrected chi connectivity index (χ4v) is 3.41. The molecule has 3 atom stereocenters. The Labute approximate surface area is 113 Å². The van der Waals surface area contributed by atoms with Gasteiger partial charge in [0.05, 0.1) is 18.1 Å². The van der Waals surface area contributed by atoms with Gasteiger partial charge in [-0.25, -0.2) is 4.79 Å². The maximum absolute atomic E-state index is 12.5. The molecule has 3 heterocycles. The van der Waals surface area contributed by atoms with Crippen LogP contribution >= 0.6 is 0 Å². The van der Waals surface area contributed by atoms with Crippen LogP contribution in [0, 0.1) is 5.92 Å². The van der Waals surface area contributed by atoms with Gasteiger partial charge in [0.15, 0.2) is 0 Å². The van der Waals surface area contributed by atoms with Gasteiger partial charge in [0, 0.05) is 33.2 Å². The summed E-state index contributed by atoms with van der Waals surface area (Å²) in [4.78, 5) is 27.9. The summed E-state index contributed by atoms with van der Waals surface area (Å²) in [6.07, 6.45) is 2.88. The van der Waals surface area contributed by atoms with E-state index in [1.807, 2.05) is 4.90 Å². The highest BCUT2D eigenvalue weighted by molar-refractivity contribution is 5.80. The van der Waals surface area contributed by atoms with Gasteiger partial charge in [-0.05, 0) is 19.3 Å². The van der Waals surface area contributed by atoms with Gasteiger partial charge in [0.2, 0.25) is 5.91 Å². The summed E-state index contributed by atoms with van der Waals surface area (Å²) in [6.45, 7) is 2.89. The summed E-state index contributed by atoms with van der Waals surface area (Å²) in [5.74, 6) is 0.168. The van der Waals surface area contributed by atoms with E-state index >= 15 is 0 Å². The zero-order valence-electron chi connectivity index (χ0n) is 11.3. The first kappa shape index (κ1) is 12.7. The minimum atomic E-state index is -0.121. The number of likely N-dealkylation sites (tertiary alicyclic amines) is 2. The molecule has 0 aromatic heterocycles. The number of amides is 3. The van der Waals surface area contributed by atoms with Gasteiger partial charge >= 0.3 is 6.03 Å². The molecule has 0 spiro atoms. The Balaban J connectivity index is 1.66. The lowest BCUT2D eigenvalue weighted by Crippen LogP contribution is -2.50. The lowest BCUT2D eigenvalue weighted by Gasteiger charge is -2.32. The van der Waals surface area contributed by atoms with E-state index in [4.69, 9.17) is 4.74 Å². The van der Waals surface area contributed by atoms with Crippen molar-refractivity contribution in [3.05, 3.63) is 0 Å². The summed E-state index contributed by atoms with van der Waals surface area (Å²) in [5, 5.41) is 2.64. The van der Waals surface area contributed by atoms with Crippen molar-refractivity contribution in [1.29, 1.82) is 0 Å². The molecule has 0 saturated carbocycles. The van der Waals surface area contributed by atoms with Crippen molar-refractivity contribution in [2.45, 2.75) is 31.5 Å². The number of hydrogen-bond acceptors (Lipinski definition) is 3. The van der Waals surface area contributed by atoms with Gasteiger partial charge in [0.1, 0.15) is 0 Å². The number of morpholine rings is 1. The van der Waals surface area contributed by atoms with Crippen LogP contribution in [0.3, 0.4) is 0 Å². The molecule has 1 N–H and O–H groups in total. The Morgan fingerprint density at radius 3 is 2.58 bits per heavy atom. The average molecular weight is 267 g/mol. The van der Waals surface area contributed by atoms with Crippen molar-refractivity contribution in [3.63, 3.8) is 0 Å². The second-order valence-electron chi connectivity index (χ2n) is 5.63. The van der Waals surface area contributed by atoms with Gasteiger partial charge in [-0.15, -0.1) is 0 Å². The lowest BCUT2D eigenvalue weighted by molar-refractivity contribution is -0.137. The molecule has 3 fully saturated rings. The first-order valence-corrected chi connectivity index (χ1v) is 7.10. The number of urea groups is 1. The van der Waals surface area contributed by atoms with Gasteiger partial charge in [0.25, 0.3) is 0 Å². The van der Waals surface area contributed by atoms with Crippen LogP contribution in [0.1, 0.15) is 19.3 Å². The lowest BCUT2D eigenvalue weighted by atomic mass is 9.99. The quantitative estimate of drug-likeness (QED) is 0.729. The van der Waals surface area contributed by atoms with E-state index in [0.29, 0.717) is 13.1 Å². The maximum atomic E-state index is 12.5. The fourth-order valence-electron chi connectivity index (χ4n) is 3.41. The van der Waals surface area contributed by atoms with Crippen molar-refractivity contribution in [3.8, 4) is 0 Å².